The monoisotopic (exact) mass is 224 g/mol. The van der Waals surface area contributed by atoms with Crippen LogP contribution in [-0.4, -0.2) is 5.84 Å². The Kier molecular flexibility index (Phi) is 2.96. The van der Waals surface area contributed by atoms with E-state index in [2.05, 4.69) is 32.0 Å². The first-order valence-electron chi connectivity index (χ1n) is 5.60. The summed E-state index contributed by atoms with van der Waals surface area (Å²) in [6.45, 7) is 4.22. The molecule has 17 heavy (non-hydrogen) atoms. The van der Waals surface area contributed by atoms with Crippen molar-refractivity contribution in [3.05, 3.63) is 59.2 Å². The van der Waals surface area contributed by atoms with Gasteiger partial charge in [0.1, 0.15) is 5.84 Å². The van der Waals surface area contributed by atoms with Gasteiger partial charge in [0.15, 0.2) is 0 Å². The molecule has 0 bridgehead atoms. The third-order valence-corrected chi connectivity index (χ3v) is 3.09. The number of benzene rings is 2. The molecule has 0 heterocycles. The Morgan fingerprint density at radius 2 is 1.76 bits per heavy atom. The summed E-state index contributed by atoms with van der Waals surface area (Å²) in [7, 11) is 0. The Bertz CT molecular complexity index is 571. The molecule has 2 nitrogen and oxygen atoms in total. The summed E-state index contributed by atoms with van der Waals surface area (Å²) in [6, 6.07) is 14.1. The molecule has 0 aliphatic heterocycles. The largest absolute Gasteiger partial charge is 0.384 e. The fourth-order valence-corrected chi connectivity index (χ4v) is 1.92. The number of rotatable bonds is 2. The topological polar surface area (TPSA) is 49.9 Å². The zero-order valence-corrected chi connectivity index (χ0v) is 10.1. The molecule has 0 aliphatic rings. The molecular formula is C15H16N2. The molecule has 0 amide bonds. The average Bonchev–Trinajstić information content (AvgIpc) is 2.33. The summed E-state index contributed by atoms with van der Waals surface area (Å²) in [5.74, 6) is 0.108. The normalized spacial score (nSPS) is 10.2. The minimum atomic E-state index is 0.108. The van der Waals surface area contributed by atoms with E-state index < -0.39 is 0 Å². The SMILES string of the molecule is Cc1cccc(-c2cccc(C(=N)N)c2)c1C. The molecule has 2 aromatic carbocycles. The first kappa shape index (κ1) is 11.4. The minimum Gasteiger partial charge on any atom is -0.384 e. The number of hydrogen-bond donors (Lipinski definition) is 2. The molecule has 0 spiro atoms. The van der Waals surface area contributed by atoms with Crippen LogP contribution in [0.15, 0.2) is 42.5 Å². The molecule has 0 radical (unpaired) electrons. The third kappa shape index (κ3) is 2.21. The van der Waals surface area contributed by atoms with Gasteiger partial charge in [-0.1, -0.05) is 36.4 Å². The molecule has 0 unspecified atom stereocenters. The van der Waals surface area contributed by atoms with Crippen molar-refractivity contribution < 1.29 is 0 Å². The van der Waals surface area contributed by atoms with Crippen molar-refractivity contribution in [1.29, 1.82) is 5.41 Å². The van der Waals surface area contributed by atoms with Crippen LogP contribution in [0.1, 0.15) is 16.7 Å². The van der Waals surface area contributed by atoms with E-state index in [9.17, 15) is 0 Å². The Balaban J connectivity index is 2.57. The first-order chi connectivity index (χ1) is 8.09. The maximum absolute atomic E-state index is 7.47. The van der Waals surface area contributed by atoms with Gasteiger partial charge in [-0.2, -0.15) is 0 Å². The highest BCUT2D eigenvalue weighted by molar-refractivity contribution is 5.96. The molecule has 86 valence electrons. The van der Waals surface area contributed by atoms with Crippen LogP contribution in [0.2, 0.25) is 0 Å². The van der Waals surface area contributed by atoms with Gasteiger partial charge in [0.05, 0.1) is 0 Å². The van der Waals surface area contributed by atoms with E-state index in [1.807, 2.05) is 24.3 Å². The van der Waals surface area contributed by atoms with Crippen molar-refractivity contribution in [2.45, 2.75) is 13.8 Å². The zero-order chi connectivity index (χ0) is 12.4. The maximum Gasteiger partial charge on any atom is 0.122 e. The van der Waals surface area contributed by atoms with Crippen LogP contribution in [0.3, 0.4) is 0 Å². The Hall–Kier alpha value is -2.09. The number of nitrogen functional groups attached to an aromatic ring is 1. The van der Waals surface area contributed by atoms with Crippen LogP contribution in [0.4, 0.5) is 0 Å². The predicted molar refractivity (Wildman–Crippen MR) is 72.4 cm³/mol. The lowest BCUT2D eigenvalue weighted by molar-refractivity contribution is 1.34. The Labute approximate surface area is 102 Å². The molecule has 2 heteroatoms. The lowest BCUT2D eigenvalue weighted by Crippen LogP contribution is -2.10. The predicted octanol–water partition coefficient (Wildman–Crippen LogP) is 3.25. The zero-order valence-electron chi connectivity index (χ0n) is 10.1. The van der Waals surface area contributed by atoms with Gasteiger partial charge in [0.25, 0.3) is 0 Å². The van der Waals surface area contributed by atoms with Crippen molar-refractivity contribution in [3.8, 4) is 11.1 Å². The molecule has 3 N–H and O–H groups in total. The summed E-state index contributed by atoms with van der Waals surface area (Å²) >= 11 is 0. The van der Waals surface area contributed by atoms with Gasteiger partial charge in [-0.3, -0.25) is 5.41 Å². The summed E-state index contributed by atoms with van der Waals surface area (Å²) < 4.78 is 0. The summed E-state index contributed by atoms with van der Waals surface area (Å²) in [4.78, 5) is 0. The fourth-order valence-electron chi connectivity index (χ4n) is 1.92. The maximum atomic E-state index is 7.47. The van der Waals surface area contributed by atoms with E-state index >= 15 is 0 Å². The number of nitrogens with one attached hydrogen (secondary N) is 1. The number of nitrogens with two attached hydrogens (primary N) is 1. The van der Waals surface area contributed by atoms with E-state index in [1.54, 1.807) is 0 Å². The van der Waals surface area contributed by atoms with Crippen molar-refractivity contribution in [1.82, 2.24) is 0 Å². The summed E-state index contributed by atoms with van der Waals surface area (Å²) in [5, 5.41) is 7.47. The molecule has 0 atom stereocenters. The van der Waals surface area contributed by atoms with Gasteiger partial charge in [-0.05, 0) is 42.2 Å². The van der Waals surface area contributed by atoms with Crippen LogP contribution >= 0.6 is 0 Å². The highest BCUT2D eigenvalue weighted by Crippen LogP contribution is 2.25. The lowest BCUT2D eigenvalue weighted by Gasteiger charge is -2.09. The van der Waals surface area contributed by atoms with Gasteiger partial charge in [0.2, 0.25) is 0 Å². The molecule has 0 saturated heterocycles. The first-order valence-corrected chi connectivity index (χ1v) is 5.60. The van der Waals surface area contributed by atoms with Crippen LogP contribution in [0, 0.1) is 19.3 Å². The molecule has 0 fully saturated rings. The molecule has 0 aliphatic carbocycles. The Morgan fingerprint density at radius 1 is 1.06 bits per heavy atom. The number of aryl methyl sites for hydroxylation is 1. The average molecular weight is 224 g/mol. The van der Waals surface area contributed by atoms with E-state index in [1.165, 1.54) is 16.7 Å². The molecule has 0 saturated carbocycles. The van der Waals surface area contributed by atoms with E-state index in [0.717, 1.165) is 11.1 Å². The highest BCUT2D eigenvalue weighted by atomic mass is 14.7. The van der Waals surface area contributed by atoms with Crippen LogP contribution in [-0.2, 0) is 0 Å². The molecule has 0 aromatic heterocycles. The standard InChI is InChI=1S/C15H16N2/c1-10-5-3-8-14(11(10)2)12-6-4-7-13(9-12)15(16)17/h3-9H,1-2H3,(H3,16,17). The fraction of sp³-hybridized carbons (Fsp3) is 0.133. The summed E-state index contributed by atoms with van der Waals surface area (Å²) in [6.07, 6.45) is 0. The quantitative estimate of drug-likeness (QED) is 0.597. The van der Waals surface area contributed by atoms with E-state index in [4.69, 9.17) is 11.1 Å². The smallest absolute Gasteiger partial charge is 0.122 e. The molecule has 2 rings (SSSR count). The minimum absolute atomic E-state index is 0.108. The van der Waals surface area contributed by atoms with Gasteiger partial charge >= 0.3 is 0 Å². The second kappa shape index (κ2) is 4.42. The second-order valence-corrected chi connectivity index (χ2v) is 4.24. The molecule has 2 aromatic rings. The van der Waals surface area contributed by atoms with Gasteiger partial charge in [-0.25, -0.2) is 0 Å². The van der Waals surface area contributed by atoms with E-state index in [0.29, 0.717) is 0 Å². The molecular weight excluding hydrogens is 208 g/mol. The number of hydrogen-bond acceptors (Lipinski definition) is 1. The number of amidine groups is 1. The van der Waals surface area contributed by atoms with Crippen molar-refractivity contribution >= 4 is 5.84 Å². The van der Waals surface area contributed by atoms with Crippen LogP contribution < -0.4 is 5.73 Å². The van der Waals surface area contributed by atoms with Crippen molar-refractivity contribution in [2.24, 2.45) is 5.73 Å². The Morgan fingerprint density at radius 3 is 2.47 bits per heavy atom. The van der Waals surface area contributed by atoms with E-state index in [-0.39, 0.29) is 5.84 Å². The summed E-state index contributed by atoms with van der Waals surface area (Å²) in [5.41, 5.74) is 11.1. The van der Waals surface area contributed by atoms with Crippen molar-refractivity contribution in [2.75, 3.05) is 0 Å². The van der Waals surface area contributed by atoms with Gasteiger partial charge in [0, 0.05) is 5.56 Å². The van der Waals surface area contributed by atoms with Gasteiger partial charge < -0.3 is 5.73 Å². The third-order valence-electron chi connectivity index (χ3n) is 3.09. The van der Waals surface area contributed by atoms with Crippen LogP contribution in [0.25, 0.3) is 11.1 Å². The lowest BCUT2D eigenvalue weighted by atomic mass is 9.96. The van der Waals surface area contributed by atoms with Crippen LogP contribution in [0.5, 0.6) is 0 Å². The van der Waals surface area contributed by atoms with Crippen molar-refractivity contribution in [3.63, 3.8) is 0 Å². The second-order valence-electron chi connectivity index (χ2n) is 4.24. The highest BCUT2D eigenvalue weighted by Gasteiger charge is 2.05. The van der Waals surface area contributed by atoms with Gasteiger partial charge in [-0.15, -0.1) is 0 Å².